The Hall–Kier alpha value is -3.48. The van der Waals surface area contributed by atoms with Crippen LogP contribution >= 0.6 is 0 Å². The van der Waals surface area contributed by atoms with Crippen LogP contribution < -0.4 is 16.0 Å². The van der Waals surface area contributed by atoms with Crippen molar-refractivity contribution in [2.24, 2.45) is 0 Å². The lowest BCUT2D eigenvalue weighted by Gasteiger charge is -2.31. The lowest BCUT2D eigenvalue weighted by atomic mass is 9.89. The Kier molecular flexibility index (Phi) is 8.41. The number of aromatic nitrogens is 2. The molecule has 2 aromatic heterocycles. The zero-order valence-corrected chi connectivity index (χ0v) is 22.4. The highest BCUT2D eigenvalue weighted by Crippen LogP contribution is 2.32. The van der Waals surface area contributed by atoms with Gasteiger partial charge in [-0.25, -0.2) is 0 Å². The molecule has 0 atom stereocenters. The summed E-state index contributed by atoms with van der Waals surface area (Å²) >= 11 is 0. The molecule has 196 valence electrons. The fourth-order valence-corrected chi connectivity index (χ4v) is 4.80. The van der Waals surface area contributed by atoms with Crippen molar-refractivity contribution in [1.29, 1.82) is 0 Å². The Labute approximate surface area is 219 Å². The molecule has 1 aliphatic carbocycles. The van der Waals surface area contributed by atoms with Gasteiger partial charge >= 0.3 is 0 Å². The first-order valence-corrected chi connectivity index (χ1v) is 13.3. The number of fused-ring (bicyclic) bond motifs is 1. The van der Waals surface area contributed by atoms with Crippen LogP contribution in [0.4, 0.5) is 5.69 Å². The number of anilines is 1. The molecule has 0 radical (unpaired) electrons. The van der Waals surface area contributed by atoms with E-state index in [0.717, 1.165) is 42.6 Å². The number of aryl methyl sites for hydroxylation is 1. The summed E-state index contributed by atoms with van der Waals surface area (Å²) in [6.07, 6.45) is 8.11. The number of pyridine rings is 2. The van der Waals surface area contributed by atoms with Crippen LogP contribution in [0, 0.1) is 6.92 Å². The van der Waals surface area contributed by atoms with Gasteiger partial charge in [-0.3, -0.25) is 19.6 Å². The minimum atomic E-state index is -0.161. The van der Waals surface area contributed by atoms with Crippen LogP contribution in [0.25, 0.3) is 10.9 Å². The van der Waals surface area contributed by atoms with E-state index in [0.29, 0.717) is 31.0 Å². The number of benzene rings is 1. The van der Waals surface area contributed by atoms with Gasteiger partial charge in [0.05, 0.1) is 11.1 Å². The van der Waals surface area contributed by atoms with Crippen molar-refractivity contribution in [2.45, 2.75) is 83.7 Å². The molecule has 4 rings (SSSR count). The van der Waals surface area contributed by atoms with Gasteiger partial charge in [-0.2, -0.15) is 0 Å². The third-order valence-corrected chi connectivity index (χ3v) is 6.97. The van der Waals surface area contributed by atoms with E-state index in [9.17, 15) is 9.59 Å². The lowest BCUT2D eigenvalue weighted by molar-refractivity contribution is -0.122. The highest BCUT2D eigenvalue weighted by molar-refractivity contribution is 5.94. The van der Waals surface area contributed by atoms with E-state index in [1.54, 1.807) is 18.3 Å². The van der Waals surface area contributed by atoms with E-state index in [2.05, 4.69) is 72.9 Å². The molecule has 0 unspecified atom stereocenters. The zero-order valence-electron chi connectivity index (χ0n) is 22.4. The molecule has 0 saturated heterocycles. The molecule has 0 spiro atoms. The van der Waals surface area contributed by atoms with E-state index in [1.165, 1.54) is 17.1 Å². The molecule has 7 heteroatoms. The molecule has 1 aromatic carbocycles. The topological polar surface area (TPSA) is 96.0 Å². The Morgan fingerprint density at radius 2 is 1.78 bits per heavy atom. The third kappa shape index (κ3) is 7.28. The number of amides is 2. The first-order valence-electron chi connectivity index (χ1n) is 13.3. The SMILES string of the molecule is Cc1ccc2nc(C(C)(C)C)cc(NC3CCC(NC(=O)CCCNC(=O)c4cccnc4)CC3)c2c1. The lowest BCUT2D eigenvalue weighted by Crippen LogP contribution is -2.40. The summed E-state index contributed by atoms with van der Waals surface area (Å²) < 4.78 is 0. The second kappa shape index (κ2) is 11.7. The molecule has 1 saturated carbocycles. The van der Waals surface area contributed by atoms with Crippen LogP contribution in [0.5, 0.6) is 0 Å². The van der Waals surface area contributed by atoms with Gasteiger partial charge in [0.25, 0.3) is 5.91 Å². The molecular weight excluding hydrogens is 462 g/mol. The normalized spacial score (nSPS) is 17.8. The summed E-state index contributed by atoms with van der Waals surface area (Å²) in [5.41, 5.74) is 4.99. The first-order chi connectivity index (χ1) is 17.7. The summed E-state index contributed by atoms with van der Waals surface area (Å²) in [5.74, 6) is -0.108. The van der Waals surface area contributed by atoms with Crippen molar-refractivity contribution < 1.29 is 9.59 Å². The van der Waals surface area contributed by atoms with E-state index >= 15 is 0 Å². The van der Waals surface area contributed by atoms with Crippen molar-refractivity contribution in [1.82, 2.24) is 20.6 Å². The molecule has 2 amide bonds. The summed E-state index contributed by atoms with van der Waals surface area (Å²) in [6.45, 7) is 9.17. The average Bonchev–Trinajstić information content (AvgIpc) is 2.87. The third-order valence-electron chi connectivity index (χ3n) is 6.97. The second-order valence-corrected chi connectivity index (χ2v) is 11.2. The maximum absolute atomic E-state index is 12.5. The summed E-state index contributed by atoms with van der Waals surface area (Å²) in [7, 11) is 0. The number of nitrogens with zero attached hydrogens (tertiary/aromatic N) is 2. The number of carbonyl (C=O) groups excluding carboxylic acids is 2. The number of hydrogen-bond acceptors (Lipinski definition) is 5. The van der Waals surface area contributed by atoms with Gasteiger partial charge in [-0.1, -0.05) is 32.4 Å². The van der Waals surface area contributed by atoms with Crippen molar-refractivity contribution in [3.05, 3.63) is 65.6 Å². The van der Waals surface area contributed by atoms with E-state index in [-0.39, 0.29) is 23.3 Å². The highest BCUT2D eigenvalue weighted by Gasteiger charge is 2.24. The molecule has 3 N–H and O–H groups in total. The fourth-order valence-electron chi connectivity index (χ4n) is 4.80. The second-order valence-electron chi connectivity index (χ2n) is 11.2. The highest BCUT2D eigenvalue weighted by atomic mass is 16.2. The predicted molar refractivity (Wildman–Crippen MR) is 149 cm³/mol. The van der Waals surface area contributed by atoms with Gasteiger partial charge in [0.15, 0.2) is 0 Å². The summed E-state index contributed by atoms with van der Waals surface area (Å²) in [5, 5.41) is 11.0. The van der Waals surface area contributed by atoms with Gasteiger partial charge in [0.1, 0.15) is 0 Å². The van der Waals surface area contributed by atoms with Gasteiger partial charge in [-0.15, -0.1) is 0 Å². The maximum Gasteiger partial charge on any atom is 0.252 e. The molecule has 0 bridgehead atoms. The van der Waals surface area contributed by atoms with Crippen LogP contribution in [0.3, 0.4) is 0 Å². The van der Waals surface area contributed by atoms with Crippen LogP contribution in [0.2, 0.25) is 0 Å². The molecule has 0 aliphatic heterocycles. The van der Waals surface area contributed by atoms with Crippen molar-refractivity contribution >= 4 is 28.4 Å². The molecule has 1 aliphatic rings. The maximum atomic E-state index is 12.5. The smallest absolute Gasteiger partial charge is 0.252 e. The van der Waals surface area contributed by atoms with Crippen molar-refractivity contribution in [3.63, 3.8) is 0 Å². The van der Waals surface area contributed by atoms with Crippen LogP contribution in [0.15, 0.2) is 48.8 Å². The first kappa shape index (κ1) is 26.6. The Bertz CT molecular complexity index is 1230. The number of hydrogen-bond donors (Lipinski definition) is 3. The Morgan fingerprint density at radius 3 is 2.49 bits per heavy atom. The quantitative estimate of drug-likeness (QED) is 0.365. The minimum absolute atomic E-state index is 0.0288. The van der Waals surface area contributed by atoms with Crippen molar-refractivity contribution in [3.8, 4) is 0 Å². The number of nitrogens with one attached hydrogen (secondary N) is 3. The fraction of sp³-hybridized carbons (Fsp3) is 0.467. The molecular formula is C30H39N5O2. The molecule has 7 nitrogen and oxygen atoms in total. The number of carbonyl (C=O) groups is 2. The van der Waals surface area contributed by atoms with Gasteiger partial charge in [-0.05, 0) is 69.4 Å². The van der Waals surface area contributed by atoms with Gasteiger partial charge in [0.2, 0.25) is 5.91 Å². The van der Waals surface area contributed by atoms with Gasteiger partial charge in [0, 0.05) is 59.6 Å². The predicted octanol–water partition coefficient (Wildman–Crippen LogP) is 5.29. The van der Waals surface area contributed by atoms with Crippen molar-refractivity contribution in [2.75, 3.05) is 11.9 Å². The van der Waals surface area contributed by atoms with E-state index in [4.69, 9.17) is 4.98 Å². The van der Waals surface area contributed by atoms with Gasteiger partial charge < -0.3 is 16.0 Å². The zero-order chi connectivity index (χ0) is 26.4. The molecule has 3 aromatic rings. The summed E-state index contributed by atoms with van der Waals surface area (Å²) in [4.78, 5) is 33.4. The molecule has 2 heterocycles. The molecule has 1 fully saturated rings. The van der Waals surface area contributed by atoms with Crippen LogP contribution in [-0.2, 0) is 10.2 Å². The standard InChI is InChI=1S/C30H39N5O2/c1-20-9-14-25-24(17-20)26(18-27(35-25)30(2,3)4)33-22-10-12-23(13-11-22)34-28(36)8-6-16-32-29(37)21-7-5-15-31-19-21/h5,7,9,14-15,17-19,22-23H,6,8,10-13,16H2,1-4H3,(H,32,37)(H,33,35)(H,34,36). The van der Waals surface area contributed by atoms with Crippen LogP contribution in [0.1, 0.15) is 80.9 Å². The largest absolute Gasteiger partial charge is 0.382 e. The van der Waals surface area contributed by atoms with E-state index < -0.39 is 0 Å². The number of rotatable bonds is 8. The van der Waals surface area contributed by atoms with Crippen LogP contribution in [-0.4, -0.2) is 40.4 Å². The monoisotopic (exact) mass is 501 g/mol. The van der Waals surface area contributed by atoms with E-state index in [1.807, 2.05) is 0 Å². The minimum Gasteiger partial charge on any atom is -0.382 e. The Morgan fingerprint density at radius 1 is 1.03 bits per heavy atom. The average molecular weight is 502 g/mol. The molecule has 37 heavy (non-hydrogen) atoms. The Balaban J connectivity index is 1.24. The summed E-state index contributed by atoms with van der Waals surface area (Å²) in [6, 6.07) is 12.7.